The summed E-state index contributed by atoms with van der Waals surface area (Å²) in [6.07, 6.45) is 1.34. The third-order valence-corrected chi connectivity index (χ3v) is 4.58. The van der Waals surface area contributed by atoms with Crippen LogP contribution in [-0.4, -0.2) is 49.6 Å². The van der Waals surface area contributed by atoms with Gasteiger partial charge in [-0.05, 0) is 12.1 Å². The zero-order valence-corrected chi connectivity index (χ0v) is 12.2. The monoisotopic (exact) mass is 316 g/mol. The zero-order chi connectivity index (χ0) is 16.0. The van der Waals surface area contributed by atoms with Gasteiger partial charge in [0, 0.05) is 13.1 Å². The van der Waals surface area contributed by atoms with E-state index in [1.54, 1.807) is 0 Å². The minimum atomic E-state index is -4.12. The maximum Gasteiger partial charge on any atom is 0.293 e. The van der Waals surface area contributed by atoms with Gasteiger partial charge in [0.25, 0.3) is 5.69 Å². The Labute approximate surface area is 122 Å². The molecule has 0 radical (unpaired) electrons. The summed E-state index contributed by atoms with van der Waals surface area (Å²) < 4.78 is 30.7. The van der Waals surface area contributed by atoms with Crippen molar-refractivity contribution in [2.24, 2.45) is 0 Å². The Kier molecular flexibility index (Phi) is 5.82. The van der Waals surface area contributed by atoms with Gasteiger partial charge in [-0.15, -0.1) is 6.58 Å². The highest BCUT2D eigenvalue weighted by Gasteiger charge is 2.31. The minimum absolute atomic E-state index is 0.0634. The van der Waals surface area contributed by atoms with Gasteiger partial charge in [-0.3, -0.25) is 10.1 Å². The van der Waals surface area contributed by atoms with Crippen LogP contribution < -0.4 is 4.74 Å². The largest absolute Gasteiger partial charge is 0.497 e. The summed E-state index contributed by atoms with van der Waals surface area (Å²) >= 11 is 0. The quantitative estimate of drug-likeness (QED) is 0.431. The highest BCUT2D eigenvalue weighted by atomic mass is 32.2. The van der Waals surface area contributed by atoms with E-state index in [4.69, 9.17) is 9.84 Å². The van der Waals surface area contributed by atoms with Crippen LogP contribution in [-0.2, 0) is 10.0 Å². The van der Waals surface area contributed by atoms with Crippen LogP contribution in [0, 0.1) is 10.1 Å². The summed E-state index contributed by atoms with van der Waals surface area (Å²) in [6.45, 7) is 2.78. The maximum absolute atomic E-state index is 12.5. The topological polar surface area (TPSA) is 110 Å². The van der Waals surface area contributed by atoms with E-state index in [0.29, 0.717) is 0 Å². The summed E-state index contributed by atoms with van der Waals surface area (Å²) in [7, 11) is -2.80. The fraction of sp³-hybridized carbons (Fsp3) is 0.333. The lowest BCUT2D eigenvalue weighted by molar-refractivity contribution is -0.387. The molecule has 0 aromatic heterocycles. The number of rotatable bonds is 8. The number of hydrogen-bond acceptors (Lipinski definition) is 6. The molecule has 1 aromatic carbocycles. The summed E-state index contributed by atoms with van der Waals surface area (Å²) in [5.74, 6) is 0.179. The van der Waals surface area contributed by atoms with Crippen LogP contribution in [0.15, 0.2) is 35.7 Å². The molecule has 0 bridgehead atoms. The first-order chi connectivity index (χ1) is 9.88. The number of benzene rings is 1. The Balaban J connectivity index is 3.41. The van der Waals surface area contributed by atoms with E-state index in [1.807, 2.05) is 0 Å². The number of sulfonamides is 1. The molecule has 8 nitrogen and oxygen atoms in total. The standard InChI is InChI=1S/C12H16N2O6S/c1-3-6-13(7-8-15)21(18,19)12-5-4-10(20-2)9-11(12)14(16)17/h3-5,9,15H,1,6-8H2,2H3. The number of aliphatic hydroxyl groups excluding tert-OH is 1. The number of nitrogens with zero attached hydrogens (tertiary/aromatic N) is 2. The summed E-state index contributed by atoms with van der Waals surface area (Å²) in [5, 5.41) is 20.0. The molecule has 0 saturated carbocycles. The van der Waals surface area contributed by atoms with Crippen molar-refractivity contribution in [1.29, 1.82) is 0 Å². The van der Waals surface area contributed by atoms with Crippen LogP contribution in [0.3, 0.4) is 0 Å². The van der Waals surface area contributed by atoms with Gasteiger partial charge in [0.2, 0.25) is 10.0 Å². The molecule has 0 fully saturated rings. The lowest BCUT2D eigenvalue weighted by Crippen LogP contribution is -2.34. The molecule has 1 rings (SSSR count). The number of methoxy groups -OCH3 is 1. The summed E-state index contributed by atoms with van der Waals surface area (Å²) in [5.41, 5.74) is -0.582. The van der Waals surface area contributed by atoms with E-state index in [-0.39, 0.29) is 18.8 Å². The van der Waals surface area contributed by atoms with Crippen molar-refractivity contribution >= 4 is 15.7 Å². The van der Waals surface area contributed by atoms with Crippen LogP contribution in [0.5, 0.6) is 5.75 Å². The molecule has 0 saturated heterocycles. The van der Waals surface area contributed by atoms with Gasteiger partial charge in [-0.1, -0.05) is 6.08 Å². The Hall–Kier alpha value is -1.97. The first kappa shape index (κ1) is 17.1. The Morgan fingerprint density at radius 2 is 2.19 bits per heavy atom. The predicted octanol–water partition coefficient (Wildman–Crippen LogP) is 0.772. The van der Waals surface area contributed by atoms with Gasteiger partial charge < -0.3 is 9.84 Å². The number of nitro benzene ring substituents is 1. The molecule has 9 heteroatoms. The van der Waals surface area contributed by atoms with Crippen molar-refractivity contribution in [1.82, 2.24) is 4.31 Å². The molecule has 0 aliphatic carbocycles. The molecule has 0 aliphatic rings. The van der Waals surface area contributed by atoms with Crippen LogP contribution >= 0.6 is 0 Å². The Morgan fingerprint density at radius 1 is 1.52 bits per heavy atom. The lowest BCUT2D eigenvalue weighted by Gasteiger charge is -2.19. The third-order valence-electron chi connectivity index (χ3n) is 2.66. The first-order valence-corrected chi connectivity index (χ1v) is 7.36. The second kappa shape index (κ2) is 7.16. The minimum Gasteiger partial charge on any atom is -0.497 e. The third kappa shape index (κ3) is 3.78. The molecule has 1 aromatic rings. The lowest BCUT2D eigenvalue weighted by atomic mass is 10.3. The smallest absolute Gasteiger partial charge is 0.293 e. The number of aliphatic hydroxyl groups is 1. The van der Waals surface area contributed by atoms with E-state index >= 15 is 0 Å². The van der Waals surface area contributed by atoms with Crippen LogP contribution in [0.4, 0.5) is 5.69 Å². The molecular weight excluding hydrogens is 300 g/mol. The molecule has 0 amide bonds. The van der Waals surface area contributed by atoms with Crippen molar-refractivity contribution in [3.05, 3.63) is 41.0 Å². The van der Waals surface area contributed by atoms with E-state index in [0.717, 1.165) is 16.4 Å². The number of nitro groups is 1. The molecular formula is C12H16N2O6S. The molecule has 0 atom stereocenters. The van der Waals surface area contributed by atoms with Gasteiger partial charge in [-0.25, -0.2) is 8.42 Å². The Bertz CT molecular complexity index is 629. The molecule has 0 spiro atoms. The van der Waals surface area contributed by atoms with Crippen molar-refractivity contribution in [3.8, 4) is 5.75 Å². The second-order valence-corrected chi connectivity index (χ2v) is 5.87. The number of hydrogen-bond donors (Lipinski definition) is 1. The SMILES string of the molecule is C=CCN(CCO)S(=O)(=O)c1ccc(OC)cc1[N+](=O)[O-]. The fourth-order valence-electron chi connectivity index (χ4n) is 1.69. The fourth-order valence-corrected chi connectivity index (χ4v) is 3.23. The van der Waals surface area contributed by atoms with Crippen molar-refractivity contribution in [2.45, 2.75) is 4.90 Å². The highest BCUT2D eigenvalue weighted by molar-refractivity contribution is 7.89. The average molecular weight is 316 g/mol. The van der Waals surface area contributed by atoms with Gasteiger partial charge >= 0.3 is 0 Å². The van der Waals surface area contributed by atoms with Crippen molar-refractivity contribution < 1.29 is 23.2 Å². The van der Waals surface area contributed by atoms with Gasteiger partial charge in [0.15, 0.2) is 4.90 Å². The van der Waals surface area contributed by atoms with Crippen LogP contribution in [0.1, 0.15) is 0 Å². The van der Waals surface area contributed by atoms with E-state index < -0.39 is 32.1 Å². The summed E-state index contributed by atoms with van der Waals surface area (Å²) in [4.78, 5) is 9.83. The van der Waals surface area contributed by atoms with Crippen molar-refractivity contribution in [2.75, 3.05) is 26.8 Å². The average Bonchev–Trinajstić information content (AvgIpc) is 2.46. The second-order valence-electron chi connectivity index (χ2n) is 3.97. The van der Waals surface area contributed by atoms with Gasteiger partial charge in [0.1, 0.15) is 5.75 Å². The first-order valence-electron chi connectivity index (χ1n) is 5.92. The predicted molar refractivity (Wildman–Crippen MR) is 75.7 cm³/mol. The zero-order valence-electron chi connectivity index (χ0n) is 11.4. The molecule has 0 unspecified atom stereocenters. The summed E-state index contributed by atoms with van der Waals surface area (Å²) in [6, 6.07) is 3.47. The molecule has 21 heavy (non-hydrogen) atoms. The highest BCUT2D eigenvalue weighted by Crippen LogP contribution is 2.30. The molecule has 0 heterocycles. The number of ether oxygens (including phenoxy) is 1. The normalized spacial score (nSPS) is 11.4. The van der Waals surface area contributed by atoms with Gasteiger partial charge in [-0.2, -0.15) is 4.31 Å². The van der Waals surface area contributed by atoms with Crippen LogP contribution in [0.25, 0.3) is 0 Å². The maximum atomic E-state index is 12.5. The van der Waals surface area contributed by atoms with Crippen LogP contribution in [0.2, 0.25) is 0 Å². The van der Waals surface area contributed by atoms with E-state index in [9.17, 15) is 18.5 Å². The Morgan fingerprint density at radius 3 is 2.67 bits per heavy atom. The molecule has 0 aliphatic heterocycles. The van der Waals surface area contributed by atoms with E-state index in [1.165, 1.54) is 19.3 Å². The molecule has 1 N–H and O–H groups in total. The van der Waals surface area contributed by atoms with Gasteiger partial charge in [0.05, 0.1) is 24.7 Å². The van der Waals surface area contributed by atoms with E-state index in [2.05, 4.69) is 6.58 Å². The molecule has 116 valence electrons. The van der Waals surface area contributed by atoms with Crippen molar-refractivity contribution in [3.63, 3.8) is 0 Å².